The molecule has 1 aromatic heterocycles. The van der Waals surface area contributed by atoms with Crippen LogP contribution in [-0.4, -0.2) is 20.5 Å². The van der Waals surface area contributed by atoms with E-state index in [-0.39, 0.29) is 11.8 Å². The van der Waals surface area contributed by atoms with Gasteiger partial charge in [0.1, 0.15) is 6.04 Å². The Balaban J connectivity index is 1.68. The van der Waals surface area contributed by atoms with Crippen molar-refractivity contribution < 1.29 is 4.79 Å². The van der Waals surface area contributed by atoms with Crippen LogP contribution >= 0.6 is 23.2 Å². The summed E-state index contributed by atoms with van der Waals surface area (Å²) in [6.07, 6.45) is 2.23. The fourth-order valence-corrected chi connectivity index (χ4v) is 4.38. The molecule has 1 atom stereocenters. The van der Waals surface area contributed by atoms with Crippen LogP contribution in [0.25, 0.3) is 11.4 Å². The van der Waals surface area contributed by atoms with Gasteiger partial charge in [-0.2, -0.15) is 4.98 Å². The van der Waals surface area contributed by atoms with E-state index in [1.807, 2.05) is 36.4 Å². The second-order valence-electron chi connectivity index (χ2n) is 6.93. The van der Waals surface area contributed by atoms with Gasteiger partial charge in [0.05, 0.1) is 5.02 Å². The third-order valence-corrected chi connectivity index (χ3v) is 5.70. The molecule has 1 N–H and O–H groups in total. The molecule has 0 saturated heterocycles. The van der Waals surface area contributed by atoms with E-state index in [2.05, 4.69) is 10.3 Å². The van der Waals surface area contributed by atoms with Gasteiger partial charge in [-0.05, 0) is 36.6 Å². The zero-order valence-electron chi connectivity index (χ0n) is 14.8. The number of carbonyl (C=O) groups is 1. The van der Waals surface area contributed by atoms with E-state index in [4.69, 9.17) is 28.3 Å². The summed E-state index contributed by atoms with van der Waals surface area (Å²) >= 11 is 12.4. The Labute approximate surface area is 172 Å². The Bertz CT molecular complexity index is 1120. The number of aromatic nitrogens is 3. The van der Waals surface area contributed by atoms with Gasteiger partial charge in [0, 0.05) is 28.3 Å². The highest BCUT2D eigenvalue weighted by Crippen LogP contribution is 2.41. The minimum atomic E-state index is -0.299. The highest BCUT2D eigenvalue weighted by Gasteiger charge is 2.36. The van der Waals surface area contributed by atoms with Crippen LogP contribution in [0.4, 0.5) is 5.95 Å². The number of nitrogens with one attached hydrogen (secondary N) is 1. The van der Waals surface area contributed by atoms with Crippen LogP contribution < -0.4 is 5.32 Å². The van der Waals surface area contributed by atoms with Gasteiger partial charge >= 0.3 is 0 Å². The summed E-state index contributed by atoms with van der Waals surface area (Å²) in [5, 5.41) is 9.10. The molecular formula is C21H16Cl2N4O. The Morgan fingerprint density at radius 3 is 2.68 bits per heavy atom. The maximum Gasteiger partial charge on any atom is 0.226 e. The summed E-state index contributed by atoms with van der Waals surface area (Å²) in [5.41, 5.74) is 3.43. The van der Waals surface area contributed by atoms with E-state index in [1.165, 1.54) is 0 Å². The number of carbonyl (C=O) groups excluding carboxylic acids is 1. The van der Waals surface area contributed by atoms with Gasteiger partial charge in [-0.1, -0.05) is 53.5 Å². The smallest absolute Gasteiger partial charge is 0.226 e. The average Bonchev–Trinajstić information content (AvgIpc) is 3.10. The van der Waals surface area contributed by atoms with Gasteiger partial charge in [0.25, 0.3) is 0 Å². The van der Waals surface area contributed by atoms with E-state index in [9.17, 15) is 4.79 Å². The molecule has 0 amide bonds. The Morgan fingerprint density at radius 2 is 1.89 bits per heavy atom. The Hall–Kier alpha value is -2.63. The molecule has 7 heteroatoms. The largest absolute Gasteiger partial charge is 0.328 e. The first-order chi connectivity index (χ1) is 13.6. The zero-order valence-corrected chi connectivity index (χ0v) is 16.3. The second-order valence-corrected chi connectivity index (χ2v) is 7.78. The fourth-order valence-electron chi connectivity index (χ4n) is 3.88. The number of benzene rings is 2. The number of nitrogens with zero attached hydrogens (tertiary/aromatic N) is 3. The van der Waals surface area contributed by atoms with Gasteiger partial charge in [0.15, 0.2) is 11.6 Å². The summed E-state index contributed by atoms with van der Waals surface area (Å²) in [5.74, 6) is 1.27. The molecule has 1 aliphatic heterocycles. The van der Waals surface area contributed by atoms with Crippen molar-refractivity contribution in [2.45, 2.75) is 25.3 Å². The number of ketones is 1. The van der Waals surface area contributed by atoms with Crippen LogP contribution in [0.2, 0.25) is 10.0 Å². The summed E-state index contributed by atoms with van der Waals surface area (Å²) in [7, 11) is 0. The first-order valence-corrected chi connectivity index (χ1v) is 9.87. The lowest BCUT2D eigenvalue weighted by atomic mass is 9.85. The first kappa shape index (κ1) is 17.5. The predicted octanol–water partition coefficient (Wildman–Crippen LogP) is 5.27. The van der Waals surface area contributed by atoms with E-state index in [0.717, 1.165) is 29.7 Å². The monoisotopic (exact) mass is 410 g/mol. The molecule has 1 unspecified atom stereocenters. The number of anilines is 1. The number of Topliss-reactive ketones (excluding diaryl/α,β-unsaturated/α-hetero) is 1. The standard InChI is InChI=1S/C21H16Cl2N4O/c22-13-9-10-14(15(23)11-13)20-25-21-24-16-7-4-8-17(28)18(16)19(27(21)26-20)12-5-2-1-3-6-12/h1-3,5-6,9-11,19H,4,7-8H2,(H,24,25,26). The van der Waals surface area contributed by atoms with Crippen LogP contribution in [-0.2, 0) is 4.79 Å². The normalized spacial score (nSPS) is 18.5. The predicted molar refractivity (Wildman–Crippen MR) is 110 cm³/mol. The molecule has 0 radical (unpaired) electrons. The van der Waals surface area contributed by atoms with Crippen molar-refractivity contribution in [3.8, 4) is 11.4 Å². The Morgan fingerprint density at radius 1 is 1.07 bits per heavy atom. The van der Waals surface area contributed by atoms with Crippen molar-refractivity contribution in [1.82, 2.24) is 14.8 Å². The maximum atomic E-state index is 12.8. The molecule has 3 aromatic rings. The van der Waals surface area contributed by atoms with Crippen molar-refractivity contribution >= 4 is 34.9 Å². The number of hydrogen-bond donors (Lipinski definition) is 1. The molecule has 5 nitrogen and oxygen atoms in total. The van der Waals surface area contributed by atoms with Crippen molar-refractivity contribution in [1.29, 1.82) is 0 Å². The molecule has 0 fully saturated rings. The van der Waals surface area contributed by atoms with Crippen LogP contribution in [0.15, 0.2) is 59.8 Å². The fraction of sp³-hybridized carbons (Fsp3) is 0.190. The molecule has 0 spiro atoms. The van der Waals surface area contributed by atoms with Gasteiger partial charge < -0.3 is 5.32 Å². The molecule has 2 aliphatic rings. The number of fused-ring (bicyclic) bond motifs is 1. The van der Waals surface area contributed by atoms with Crippen LogP contribution in [0.1, 0.15) is 30.9 Å². The van der Waals surface area contributed by atoms with Gasteiger partial charge in [0.2, 0.25) is 5.95 Å². The molecule has 2 heterocycles. The third-order valence-electron chi connectivity index (χ3n) is 5.16. The SMILES string of the molecule is O=C1CCCC2=C1C(c1ccccc1)n1nc(-c3ccc(Cl)cc3Cl)nc1N2. The summed E-state index contributed by atoms with van der Waals surface area (Å²) in [4.78, 5) is 17.5. The average molecular weight is 411 g/mol. The van der Waals surface area contributed by atoms with Gasteiger partial charge in [-0.25, -0.2) is 4.68 Å². The second kappa shape index (κ2) is 6.76. The number of allylic oxidation sites excluding steroid dienone is 2. The topological polar surface area (TPSA) is 59.8 Å². The minimum absolute atomic E-state index is 0.162. The molecule has 5 rings (SSSR count). The lowest BCUT2D eigenvalue weighted by Gasteiger charge is -2.32. The minimum Gasteiger partial charge on any atom is -0.328 e. The molecule has 0 saturated carbocycles. The van der Waals surface area contributed by atoms with Crippen molar-refractivity contribution in [3.05, 3.63) is 75.4 Å². The van der Waals surface area contributed by atoms with Gasteiger partial charge in [-0.3, -0.25) is 4.79 Å². The quantitative estimate of drug-likeness (QED) is 0.624. The van der Waals surface area contributed by atoms with Crippen molar-refractivity contribution in [2.24, 2.45) is 0 Å². The molecule has 1 aliphatic carbocycles. The summed E-state index contributed by atoms with van der Waals surface area (Å²) in [6, 6.07) is 14.9. The number of rotatable bonds is 2. The van der Waals surface area contributed by atoms with E-state index >= 15 is 0 Å². The summed E-state index contributed by atoms with van der Waals surface area (Å²) in [6.45, 7) is 0. The lowest BCUT2D eigenvalue weighted by Crippen LogP contribution is -2.31. The highest BCUT2D eigenvalue weighted by atomic mass is 35.5. The Kier molecular flexibility index (Phi) is 4.22. The molecule has 2 aromatic carbocycles. The van der Waals surface area contributed by atoms with Gasteiger partial charge in [-0.15, -0.1) is 5.10 Å². The van der Waals surface area contributed by atoms with Crippen molar-refractivity contribution in [3.63, 3.8) is 0 Å². The van der Waals surface area contributed by atoms with E-state index < -0.39 is 0 Å². The maximum absolute atomic E-state index is 12.8. The third kappa shape index (κ3) is 2.82. The van der Waals surface area contributed by atoms with Crippen LogP contribution in [0, 0.1) is 0 Å². The lowest BCUT2D eigenvalue weighted by molar-refractivity contribution is -0.116. The summed E-state index contributed by atoms with van der Waals surface area (Å²) < 4.78 is 1.79. The van der Waals surface area contributed by atoms with E-state index in [1.54, 1.807) is 16.8 Å². The molecular weight excluding hydrogens is 395 g/mol. The van der Waals surface area contributed by atoms with Crippen molar-refractivity contribution in [2.75, 3.05) is 5.32 Å². The van der Waals surface area contributed by atoms with E-state index in [0.29, 0.717) is 33.8 Å². The van der Waals surface area contributed by atoms with Crippen LogP contribution in [0.5, 0.6) is 0 Å². The number of hydrogen-bond acceptors (Lipinski definition) is 4. The number of halogens is 2. The highest BCUT2D eigenvalue weighted by molar-refractivity contribution is 6.36. The first-order valence-electron chi connectivity index (χ1n) is 9.12. The zero-order chi connectivity index (χ0) is 19.3. The van der Waals surface area contributed by atoms with Crippen LogP contribution in [0.3, 0.4) is 0 Å². The molecule has 140 valence electrons. The molecule has 0 bridgehead atoms. The molecule has 28 heavy (non-hydrogen) atoms.